The van der Waals surface area contributed by atoms with E-state index in [1.165, 1.54) is 177 Å². The smallest absolute Gasteiger partial charge is 0.0746 e. The molecule has 0 fully saturated rings. The Morgan fingerprint density at radius 1 is 0.258 bits per heavy atom. The second-order valence-corrected chi connectivity index (χ2v) is 27.9. The Labute approximate surface area is 568 Å². The molecule has 0 radical (unpaired) electrons. The topological polar surface area (TPSA) is 14.8 Å². The molecule has 4 aliphatic rings. The maximum atomic E-state index is 4.17. The Balaban J connectivity index is 0.743. The molecule has 450 valence electrons. The molecule has 0 N–H and O–H groups in total. The van der Waals surface area contributed by atoms with Crippen LogP contribution in [0.15, 0.2) is 326 Å². The quantitative estimate of drug-likeness (QED) is 0.163. The van der Waals surface area contributed by atoms with Gasteiger partial charge in [-0.15, -0.1) is 0 Å². The summed E-state index contributed by atoms with van der Waals surface area (Å²) in [5.41, 5.74) is 36.4. The molecule has 3 aromatic heterocycles. The highest BCUT2D eigenvalue weighted by atomic mass is 79.9. The Morgan fingerprint density at radius 2 is 0.670 bits per heavy atom. The standard InChI is InChI=1S/C93H56BrN3/c1-55-20-17-33-77-85(55)71-26-6-12-31-75(71)92(77)74-30-11-5-23-63(74)67-50-52-69-65-24-9-15-37-82(65)97(90(69)88(67)92)61-47-45-59(46-48-61)95-83-38-16-10-28-73(83)86-62(29-18-39-84(86)95)58-42-49-64-68-51-53-70-66-25-8-14-36-81(66)96(60-43-40-57(41-44-60)56-21-3-2-4-22-56)91(70)89(68)93(79(64)54-58)76-32-13-7-27-72(76)87-78(93)34-19-35-80(87)94/h2-54H,1H3. The van der Waals surface area contributed by atoms with Crippen molar-refractivity contribution >= 4 is 81.3 Å². The minimum Gasteiger partial charge on any atom is -0.309 e. The van der Waals surface area contributed by atoms with Crippen LogP contribution in [0.25, 0.3) is 149 Å². The summed E-state index contributed by atoms with van der Waals surface area (Å²) in [6, 6.07) is 122. The molecule has 22 rings (SSSR count). The van der Waals surface area contributed by atoms with Crippen LogP contribution in [0, 0.1) is 6.92 Å². The van der Waals surface area contributed by atoms with E-state index in [4.69, 9.17) is 0 Å². The number of aromatic nitrogens is 3. The zero-order chi connectivity index (χ0) is 63.6. The highest BCUT2D eigenvalue weighted by Crippen LogP contribution is 2.68. The molecule has 0 aliphatic heterocycles. The van der Waals surface area contributed by atoms with Gasteiger partial charge in [-0.3, -0.25) is 0 Å². The molecule has 4 aliphatic carbocycles. The van der Waals surface area contributed by atoms with E-state index in [9.17, 15) is 0 Å². The number of fused-ring (bicyclic) bond motifs is 31. The highest BCUT2D eigenvalue weighted by molar-refractivity contribution is 9.10. The van der Waals surface area contributed by atoms with E-state index in [2.05, 4.69) is 358 Å². The molecule has 2 unspecified atom stereocenters. The molecule has 0 amide bonds. The maximum absolute atomic E-state index is 4.17. The van der Waals surface area contributed by atoms with Gasteiger partial charge in [0.2, 0.25) is 0 Å². The average molecular weight is 1300 g/mol. The minimum atomic E-state index is -0.679. The molecule has 3 heterocycles. The molecule has 15 aromatic carbocycles. The van der Waals surface area contributed by atoms with Crippen LogP contribution in [-0.2, 0) is 10.8 Å². The van der Waals surface area contributed by atoms with Crippen molar-refractivity contribution in [3.63, 3.8) is 0 Å². The average Bonchev–Trinajstić information content (AvgIpc) is 1.51. The summed E-state index contributed by atoms with van der Waals surface area (Å²) in [6.07, 6.45) is 0. The van der Waals surface area contributed by atoms with Crippen LogP contribution in [-0.4, -0.2) is 13.7 Å². The minimum absolute atomic E-state index is 0.521. The van der Waals surface area contributed by atoms with Gasteiger partial charge in [-0.25, -0.2) is 0 Å². The second-order valence-electron chi connectivity index (χ2n) is 27.0. The predicted octanol–water partition coefficient (Wildman–Crippen LogP) is 24.1. The zero-order valence-corrected chi connectivity index (χ0v) is 54.4. The molecule has 0 saturated carbocycles. The van der Waals surface area contributed by atoms with Gasteiger partial charge in [-0.1, -0.05) is 265 Å². The number of nitrogens with zero attached hydrogens (tertiary/aromatic N) is 3. The molecule has 3 nitrogen and oxygen atoms in total. The Kier molecular flexibility index (Phi) is 10.7. The third kappa shape index (κ3) is 6.71. The van der Waals surface area contributed by atoms with Crippen molar-refractivity contribution < 1.29 is 0 Å². The van der Waals surface area contributed by atoms with E-state index in [-0.39, 0.29) is 0 Å². The predicted molar refractivity (Wildman–Crippen MR) is 405 cm³/mol. The van der Waals surface area contributed by atoms with Crippen molar-refractivity contribution in [1.29, 1.82) is 0 Å². The monoisotopic (exact) mass is 1290 g/mol. The molecule has 4 heteroatoms. The highest BCUT2D eigenvalue weighted by Gasteiger charge is 2.55. The van der Waals surface area contributed by atoms with Gasteiger partial charge in [-0.2, -0.15) is 0 Å². The largest absolute Gasteiger partial charge is 0.309 e. The van der Waals surface area contributed by atoms with E-state index in [0.717, 1.165) is 27.1 Å². The van der Waals surface area contributed by atoms with E-state index < -0.39 is 10.8 Å². The molecular formula is C93H56BrN3. The number of halogens is 1. The molecular weight excluding hydrogens is 1240 g/mol. The van der Waals surface area contributed by atoms with Gasteiger partial charge in [0.25, 0.3) is 0 Å². The molecule has 2 spiro atoms. The summed E-state index contributed by atoms with van der Waals surface area (Å²) >= 11 is 4.17. The second kappa shape index (κ2) is 19.4. The zero-order valence-electron chi connectivity index (χ0n) is 52.8. The lowest BCUT2D eigenvalue weighted by molar-refractivity contribution is 0.796. The normalized spacial score (nSPS) is 15.8. The summed E-state index contributed by atoms with van der Waals surface area (Å²) in [5, 5.41) is 7.45. The first kappa shape index (κ1) is 53.5. The van der Waals surface area contributed by atoms with E-state index in [1.807, 2.05) is 0 Å². The van der Waals surface area contributed by atoms with Crippen molar-refractivity contribution in [2.75, 3.05) is 0 Å². The first-order chi connectivity index (χ1) is 48.0. The van der Waals surface area contributed by atoms with Crippen LogP contribution in [0.5, 0.6) is 0 Å². The molecule has 18 aromatic rings. The fourth-order valence-corrected chi connectivity index (χ4v) is 19.6. The lowest BCUT2D eigenvalue weighted by atomic mass is 9.69. The summed E-state index contributed by atoms with van der Waals surface area (Å²) in [6.45, 7) is 2.28. The third-order valence-corrected chi connectivity index (χ3v) is 23.3. The van der Waals surface area contributed by atoms with Crippen molar-refractivity contribution in [3.8, 4) is 83.8 Å². The first-order valence-corrected chi connectivity index (χ1v) is 34.6. The summed E-state index contributed by atoms with van der Waals surface area (Å²) < 4.78 is 8.74. The van der Waals surface area contributed by atoms with Crippen molar-refractivity contribution in [2.45, 2.75) is 17.8 Å². The first-order valence-electron chi connectivity index (χ1n) is 33.8. The third-order valence-electron chi connectivity index (χ3n) is 22.7. The van der Waals surface area contributed by atoms with Crippen LogP contribution >= 0.6 is 15.9 Å². The van der Waals surface area contributed by atoms with Gasteiger partial charge in [0.15, 0.2) is 0 Å². The van der Waals surface area contributed by atoms with Gasteiger partial charge < -0.3 is 13.7 Å². The van der Waals surface area contributed by atoms with Crippen LogP contribution in [0.3, 0.4) is 0 Å². The van der Waals surface area contributed by atoms with Gasteiger partial charge in [0.1, 0.15) is 0 Å². The number of benzene rings is 15. The summed E-state index contributed by atoms with van der Waals surface area (Å²) in [7, 11) is 0. The SMILES string of the molecule is Cc1cccc2c1-c1ccccc1C21c2ccccc2-c2ccc3c4ccccc4n(-c4ccc(-n5c6ccccc6c6c(-c7ccc8c(c7)C7(c9ccccc9-c9c(Br)cccc97)c7c-8ccc8c9ccccc9n(-c9ccc(-c%10ccccc%10)cc9)c78)cccc65)cc4)c3c21. The molecule has 2 atom stereocenters. The van der Waals surface area contributed by atoms with Crippen molar-refractivity contribution in [1.82, 2.24) is 13.7 Å². The fraction of sp³-hybridized carbons (Fsp3) is 0.0323. The lowest BCUT2D eigenvalue weighted by Gasteiger charge is -2.32. The van der Waals surface area contributed by atoms with Gasteiger partial charge in [0.05, 0.1) is 43.9 Å². The van der Waals surface area contributed by atoms with E-state index in [1.54, 1.807) is 0 Å². The van der Waals surface area contributed by atoms with Crippen molar-refractivity contribution in [2.24, 2.45) is 0 Å². The summed E-state index contributed by atoms with van der Waals surface area (Å²) in [4.78, 5) is 0. The summed E-state index contributed by atoms with van der Waals surface area (Å²) in [5.74, 6) is 0. The van der Waals surface area contributed by atoms with Crippen molar-refractivity contribution in [3.05, 3.63) is 376 Å². The van der Waals surface area contributed by atoms with Crippen LogP contribution in [0.1, 0.15) is 50.1 Å². The Morgan fingerprint density at radius 3 is 1.31 bits per heavy atom. The lowest BCUT2D eigenvalue weighted by Crippen LogP contribution is -2.26. The van der Waals surface area contributed by atoms with E-state index >= 15 is 0 Å². The molecule has 0 saturated heterocycles. The number of hydrogen-bond acceptors (Lipinski definition) is 0. The number of para-hydroxylation sites is 3. The van der Waals surface area contributed by atoms with E-state index in [0.29, 0.717) is 0 Å². The Bertz CT molecular complexity index is 6520. The van der Waals surface area contributed by atoms with Gasteiger partial charge >= 0.3 is 0 Å². The fourth-order valence-electron chi connectivity index (χ4n) is 19.1. The maximum Gasteiger partial charge on any atom is 0.0746 e. The van der Waals surface area contributed by atoms with Crippen LogP contribution in [0.4, 0.5) is 0 Å². The van der Waals surface area contributed by atoms with Crippen LogP contribution < -0.4 is 0 Å². The van der Waals surface area contributed by atoms with Gasteiger partial charge in [-0.05, 0) is 180 Å². The number of hydrogen-bond donors (Lipinski definition) is 0. The number of aryl methyl sites for hydroxylation is 1. The Hall–Kier alpha value is -11.8. The van der Waals surface area contributed by atoms with Crippen LogP contribution in [0.2, 0.25) is 0 Å². The molecule has 97 heavy (non-hydrogen) atoms. The molecule has 0 bridgehead atoms. The van der Waals surface area contributed by atoms with Gasteiger partial charge in [0, 0.05) is 70.5 Å². The number of rotatable bonds is 5.